The fraction of sp³-hybridized carbons (Fsp3) is 0.909. The standard InChI is InChI=1S/C11H16O/c12-11-6-9-5-8(9)2-1-7-3-4-10(7)11/h7-10H,1-6H2. The number of carbonyl (C=O) groups is 1. The van der Waals surface area contributed by atoms with E-state index in [9.17, 15) is 4.79 Å². The molecular weight excluding hydrogens is 148 g/mol. The molecule has 1 heteroatoms. The van der Waals surface area contributed by atoms with Gasteiger partial charge in [-0.3, -0.25) is 4.79 Å². The molecule has 0 aromatic carbocycles. The Kier molecular flexibility index (Phi) is 1.38. The van der Waals surface area contributed by atoms with Crippen molar-refractivity contribution in [2.45, 2.75) is 38.5 Å². The summed E-state index contributed by atoms with van der Waals surface area (Å²) >= 11 is 0. The molecule has 3 fully saturated rings. The maximum absolute atomic E-state index is 11.7. The van der Waals surface area contributed by atoms with Crippen molar-refractivity contribution in [1.29, 1.82) is 0 Å². The third-order valence-corrected chi connectivity index (χ3v) is 4.27. The van der Waals surface area contributed by atoms with E-state index in [-0.39, 0.29) is 0 Å². The van der Waals surface area contributed by atoms with Crippen LogP contribution in [0.5, 0.6) is 0 Å². The number of hydrogen-bond donors (Lipinski definition) is 0. The molecule has 12 heavy (non-hydrogen) atoms. The summed E-state index contributed by atoms with van der Waals surface area (Å²) in [5, 5.41) is 0. The fourth-order valence-electron chi connectivity index (χ4n) is 3.09. The first-order chi connectivity index (χ1) is 5.84. The van der Waals surface area contributed by atoms with Crippen LogP contribution in [0.4, 0.5) is 0 Å². The zero-order chi connectivity index (χ0) is 8.13. The van der Waals surface area contributed by atoms with E-state index in [1.165, 1.54) is 32.1 Å². The normalized spacial score (nSPS) is 51.2. The highest BCUT2D eigenvalue weighted by Crippen LogP contribution is 2.51. The summed E-state index contributed by atoms with van der Waals surface area (Å²) in [6, 6.07) is 0. The second-order valence-electron chi connectivity index (χ2n) is 4.95. The van der Waals surface area contributed by atoms with Gasteiger partial charge in [0.25, 0.3) is 0 Å². The van der Waals surface area contributed by atoms with Gasteiger partial charge in [-0.1, -0.05) is 0 Å². The van der Waals surface area contributed by atoms with Gasteiger partial charge in [0.05, 0.1) is 0 Å². The van der Waals surface area contributed by atoms with Gasteiger partial charge in [-0.05, 0) is 49.9 Å². The second kappa shape index (κ2) is 2.34. The van der Waals surface area contributed by atoms with Crippen molar-refractivity contribution >= 4 is 5.78 Å². The summed E-state index contributed by atoms with van der Waals surface area (Å²) in [7, 11) is 0. The molecule has 0 aliphatic heterocycles. The van der Waals surface area contributed by atoms with E-state index in [4.69, 9.17) is 0 Å². The average molecular weight is 164 g/mol. The summed E-state index contributed by atoms with van der Waals surface area (Å²) in [4.78, 5) is 11.7. The first-order valence-corrected chi connectivity index (χ1v) is 5.37. The Balaban J connectivity index is 1.75. The highest BCUT2D eigenvalue weighted by atomic mass is 16.1. The molecule has 0 heterocycles. The SMILES string of the molecule is O=C1CC2CC2CCC2CCC12. The van der Waals surface area contributed by atoms with Gasteiger partial charge >= 0.3 is 0 Å². The van der Waals surface area contributed by atoms with E-state index < -0.39 is 0 Å². The minimum atomic E-state index is 0.506. The minimum absolute atomic E-state index is 0.506. The topological polar surface area (TPSA) is 17.1 Å². The largest absolute Gasteiger partial charge is 0.299 e. The van der Waals surface area contributed by atoms with Crippen LogP contribution in [-0.4, -0.2) is 5.78 Å². The molecule has 0 bridgehead atoms. The summed E-state index contributed by atoms with van der Waals surface area (Å²) in [5.41, 5.74) is 0. The van der Waals surface area contributed by atoms with Crippen LogP contribution in [0.2, 0.25) is 0 Å². The number of ketones is 1. The van der Waals surface area contributed by atoms with E-state index in [0.29, 0.717) is 11.7 Å². The summed E-state index contributed by atoms with van der Waals surface area (Å²) in [6.07, 6.45) is 7.64. The molecule has 0 aromatic rings. The zero-order valence-corrected chi connectivity index (χ0v) is 7.46. The fourth-order valence-corrected chi connectivity index (χ4v) is 3.09. The van der Waals surface area contributed by atoms with Gasteiger partial charge in [0.1, 0.15) is 5.78 Å². The monoisotopic (exact) mass is 164 g/mol. The van der Waals surface area contributed by atoms with Gasteiger partial charge in [-0.15, -0.1) is 0 Å². The van der Waals surface area contributed by atoms with Crippen LogP contribution in [0, 0.1) is 23.7 Å². The van der Waals surface area contributed by atoms with Gasteiger partial charge in [-0.2, -0.15) is 0 Å². The van der Waals surface area contributed by atoms with Gasteiger partial charge in [0.15, 0.2) is 0 Å². The van der Waals surface area contributed by atoms with Crippen LogP contribution < -0.4 is 0 Å². The highest BCUT2D eigenvalue weighted by molar-refractivity contribution is 5.82. The van der Waals surface area contributed by atoms with E-state index in [0.717, 1.165) is 24.2 Å². The summed E-state index contributed by atoms with van der Waals surface area (Å²) in [6.45, 7) is 0. The molecule has 0 radical (unpaired) electrons. The van der Waals surface area contributed by atoms with Crippen LogP contribution in [0.3, 0.4) is 0 Å². The van der Waals surface area contributed by atoms with E-state index in [2.05, 4.69) is 0 Å². The Labute approximate surface area is 73.5 Å². The predicted octanol–water partition coefficient (Wildman–Crippen LogP) is 2.40. The minimum Gasteiger partial charge on any atom is -0.299 e. The molecule has 0 amide bonds. The Morgan fingerprint density at radius 3 is 2.42 bits per heavy atom. The van der Waals surface area contributed by atoms with Gasteiger partial charge in [0.2, 0.25) is 0 Å². The van der Waals surface area contributed by atoms with Gasteiger partial charge in [0, 0.05) is 12.3 Å². The van der Waals surface area contributed by atoms with Crippen LogP contribution >= 0.6 is 0 Å². The average Bonchev–Trinajstić information content (AvgIpc) is 2.63. The smallest absolute Gasteiger partial charge is 0.136 e. The first kappa shape index (κ1) is 7.11. The molecule has 66 valence electrons. The Bertz CT molecular complexity index is 221. The maximum Gasteiger partial charge on any atom is 0.136 e. The van der Waals surface area contributed by atoms with Crippen molar-refractivity contribution in [1.82, 2.24) is 0 Å². The molecule has 3 saturated carbocycles. The molecule has 0 saturated heterocycles. The molecule has 0 aromatic heterocycles. The van der Waals surface area contributed by atoms with Gasteiger partial charge in [-0.25, -0.2) is 0 Å². The van der Waals surface area contributed by atoms with Crippen LogP contribution in [0.15, 0.2) is 0 Å². The molecule has 4 atom stereocenters. The second-order valence-corrected chi connectivity index (χ2v) is 4.95. The first-order valence-electron chi connectivity index (χ1n) is 5.37. The highest BCUT2D eigenvalue weighted by Gasteiger charge is 2.45. The lowest BCUT2D eigenvalue weighted by molar-refractivity contribution is -0.129. The predicted molar refractivity (Wildman–Crippen MR) is 46.7 cm³/mol. The molecule has 4 unspecified atom stereocenters. The molecule has 3 aliphatic rings. The zero-order valence-electron chi connectivity index (χ0n) is 7.46. The van der Waals surface area contributed by atoms with Crippen molar-refractivity contribution in [2.75, 3.05) is 0 Å². The molecule has 3 rings (SSSR count). The van der Waals surface area contributed by atoms with Crippen molar-refractivity contribution in [3.05, 3.63) is 0 Å². The van der Waals surface area contributed by atoms with E-state index >= 15 is 0 Å². The Morgan fingerprint density at radius 2 is 1.67 bits per heavy atom. The van der Waals surface area contributed by atoms with E-state index in [1.54, 1.807) is 0 Å². The van der Waals surface area contributed by atoms with E-state index in [1.807, 2.05) is 0 Å². The maximum atomic E-state index is 11.7. The lowest BCUT2D eigenvalue weighted by atomic mass is 9.67. The lowest BCUT2D eigenvalue weighted by Gasteiger charge is -2.36. The molecule has 0 spiro atoms. The van der Waals surface area contributed by atoms with Gasteiger partial charge < -0.3 is 0 Å². The van der Waals surface area contributed by atoms with Crippen LogP contribution in [0.1, 0.15) is 38.5 Å². The van der Waals surface area contributed by atoms with Crippen molar-refractivity contribution in [3.8, 4) is 0 Å². The summed E-state index contributed by atoms with van der Waals surface area (Å²) in [5.74, 6) is 3.69. The third kappa shape index (κ3) is 0.949. The number of hydrogen-bond acceptors (Lipinski definition) is 1. The molecular formula is C11H16O. The number of Topliss-reactive ketones (excluding diaryl/α,β-unsaturated/α-hetero) is 1. The lowest BCUT2D eigenvalue weighted by Crippen LogP contribution is -2.34. The molecule has 3 aliphatic carbocycles. The van der Waals surface area contributed by atoms with Crippen LogP contribution in [0.25, 0.3) is 0 Å². The Morgan fingerprint density at radius 1 is 0.917 bits per heavy atom. The van der Waals surface area contributed by atoms with Crippen molar-refractivity contribution in [3.63, 3.8) is 0 Å². The molecule has 0 N–H and O–H groups in total. The Hall–Kier alpha value is -0.330. The number of rotatable bonds is 0. The summed E-state index contributed by atoms with van der Waals surface area (Å²) < 4.78 is 0. The number of fused-ring (bicyclic) bond motifs is 2. The quantitative estimate of drug-likeness (QED) is 0.537. The van der Waals surface area contributed by atoms with Crippen molar-refractivity contribution in [2.24, 2.45) is 23.7 Å². The third-order valence-electron chi connectivity index (χ3n) is 4.27. The molecule has 1 nitrogen and oxygen atoms in total. The van der Waals surface area contributed by atoms with Crippen LogP contribution in [-0.2, 0) is 4.79 Å². The number of carbonyl (C=O) groups excluding carboxylic acids is 1. The van der Waals surface area contributed by atoms with Crippen molar-refractivity contribution < 1.29 is 4.79 Å².